The highest BCUT2D eigenvalue weighted by atomic mass is 32.2. The minimum Gasteiger partial charge on any atom is -0.396 e. The Hall–Kier alpha value is -0.260. The Morgan fingerprint density at radius 3 is 3.00 bits per heavy atom. The number of aliphatic imine (C=N–C) groups is 1. The van der Waals surface area contributed by atoms with Gasteiger partial charge in [0.15, 0.2) is 5.17 Å². The van der Waals surface area contributed by atoms with Crippen LogP contribution < -0.4 is 5.32 Å². The van der Waals surface area contributed by atoms with Crippen molar-refractivity contribution in [2.75, 3.05) is 13.2 Å². The number of fused-ring (bicyclic) bond motifs is 1. The highest BCUT2D eigenvalue weighted by Crippen LogP contribution is 2.38. The van der Waals surface area contributed by atoms with Gasteiger partial charge in [0.25, 0.3) is 0 Å². The van der Waals surface area contributed by atoms with Gasteiger partial charge in [0.1, 0.15) is 0 Å². The van der Waals surface area contributed by atoms with Crippen LogP contribution in [0.1, 0.15) is 26.2 Å². The molecule has 1 aliphatic heterocycles. The number of rotatable bonds is 3. The van der Waals surface area contributed by atoms with Gasteiger partial charge in [-0.1, -0.05) is 18.7 Å². The molecule has 5 heteroatoms. The van der Waals surface area contributed by atoms with E-state index in [4.69, 9.17) is 5.11 Å². The number of nitrogens with zero attached hydrogens (tertiary/aromatic N) is 1. The van der Waals surface area contributed by atoms with E-state index in [1.165, 1.54) is 0 Å². The first-order chi connectivity index (χ1) is 7.74. The van der Waals surface area contributed by atoms with Crippen LogP contribution in [0.2, 0.25) is 0 Å². The topological polar surface area (TPSA) is 64.9 Å². The van der Waals surface area contributed by atoms with Crippen LogP contribution in [0.3, 0.4) is 0 Å². The Kier molecular flexibility index (Phi) is 4.10. The van der Waals surface area contributed by atoms with Crippen LogP contribution >= 0.6 is 11.8 Å². The molecular formula is C11H20N2O2S. The zero-order chi connectivity index (χ0) is 11.5. The quantitative estimate of drug-likeness (QED) is 0.680. The third-order valence-electron chi connectivity index (χ3n) is 3.23. The Labute approximate surface area is 101 Å². The Morgan fingerprint density at radius 1 is 1.50 bits per heavy atom. The van der Waals surface area contributed by atoms with Gasteiger partial charge in [0, 0.05) is 18.4 Å². The summed E-state index contributed by atoms with van der Waals surface area (Å²) in [7, 11) is 0. The summed E-state index contributed by atoms with van der Waals surface area (Å²) < 4.78 is 0. The zero-order valence-corrected chi connectivity index (χ0v) is 10.4. The van der Waals surface area contributed by atoms with E-state index in [-0.39, 0.29) is 24.7 Å². The summed E-state index contributed by atoms with van der Waals surface area (Å²) in [5, 5.41) is 23.7. The lowest BCUT2D eigenvalue weighted by Gasteiger charge is -2.32. The molecule has 0 bridgehead atoms. The van der Waals surface area contributed by atoms with Crippen LogP contribution in [0.15, 0.2) is 4.99 Å². The molecule has 0 radical (unpaired) electrons. The van der Waals surface area contributed by atoms with Gasteiger partial charge in [0.05, 0.1) is 12.1 Å². The second kappa shape index (κ2) is 5.38. The molecule has 4 atom stereocenters. The van der Waals surface area contributed by atoms with Gasteiger partial charge in [-0.25, -0.2) is 0 Å². The summed E-state index contributed by atoms with van der Waals surface area (Å²) in [5.41, 5.74) is 0. The smallest absolute Gasteiger partial charge is 0.157 e. The van der Waals surface area contributed by atoms with E-state index in [9.17, 15) is 5.11 Å². The highest BCUT2D eigenvalue weighted by molar-refractivity contribution is 8.14. The molecule has 16 heavy (non-hydrogen) atoms. The molecule has 0 saturated heterocycles. The van der Waals surface area contributed by atoms with Crippen molar-refractivity contribution in [1.82, 2.24) is 5.32 Å². The molecule has 1 aliphatic carbocycles. The van der Waals surface area contributed by atoms with Crippen LogP contribution in [-0.4, -0.2) is 45.9 Å². The molecule has 2 aliphatic rings. The first-order valence-corrected chi connectivity index (χ1v) is 6.89. The van der Waals surface area contributed by atoms with Crippen LogP contribution in [0.25, 0.3) is 0 Å². The molecule has 1 saturated carbocycles. The van der Waals surface area contributed by atoms with Gasteiger partial charge in [-0.3, -0.25) is 4.99 Å². The van der Waals surface area contributed by atoms with Gasteiger partial charge in [0.2, 0.25) is 0 Å². The maximum atomic E-state index is 9.96. The lowest BCUT2D eigenvalue weighted by molar-refractivity contribution is 0.0647. The van der Waals surface area contributed by atoms with E-state index in [2.05, 4.69) is 17.2 Å². The van der Waals surface area contributed by atoms with Crippen molar-refractivity contribution in [3.8, 4) is 0 Å². The second-order valence-corrected chi connectivity index (χ2v) is 5.82. The summed E-state index contributed by atoms with van der Waals surface area (Å²) in [6.45, 7) is 3.24. The minimum absolute atomic E-state index is 0.0344. The van der Waals surface area contributed by atoms with E-state index in [1.54, 1.807) is 11.8 Å². The van der Waals surface area contributed by atoms with Crippen LogP contribution in [0.5, 0.6) is 0 Å². The number of hydrogen-bond acceptors (Lipinski definition) is 5. The summed E-state index contributed by atoms with van der Waals surface area (Å²) in [5.74, 6) is 0.240. The van der Waals surface area contributed by atoms with E-state index >= 15 is 0 Å². The number of amidine groups is 1. The predicted octanol–water partition coefficient (Wildman–Crippen LogP) is 0.589. The molecule has 4 nitrogen and oxygen atoms in total. The average Bonchev–Trinajstić information content (AvgIpc) is 2.69. The van der Waals surface area contributed by atoms with Crippen molar-refractivity contribution in [2.24, 2.45) is 10.9 Å². The van der Waals surface area contributed by atoms with Gasteiger partial charge < -0.3 is 15.5 Å². The number of aliphatic hydroxyl groups excluding tert-OH is 2. The molecule has 0 aromatic carbocycles. The van der Waals surface area contributed by atoms with Crippen LogP contribution in [-0.2, 0) is 0 Å². The lowest BCUT2D eigenvalue weighted by Crippen LogP contribution is -2.40. The van der Waals surface area contributed by atoms with Crippen molar-refractivity contribution >= 4 is 16.9 Å². The molecule has 3 N–H and O–H groups in total. The van der Waals surface area contributed by atoms with E-state index in [1.807, 2.05) is 0 Å². The average molecular weight is 244 g/mol. The number of nitrogens with one attached hydrogen (secondary N) is 1. The molecular weight excluding hydrogens is 224 g/mol. The third-order valence-corrected chi connectivity index (χ3v) is 4.48. The van der Waals surface area contributed by atoms with E-state index in [0.717, 1.165) is 24.6 Å². The number of hydrogen-bond donors (Lipinski definition) is 3. The molecule has 92 valence electrons. The fourth-order valence-electron chi connectivity index (χ4n) is 2.36. The summed E-state index contributed by atoms with van der Waals surface area (Å²) >= 11 is 1.73. The summed E-state index contributed by atoms with van der Waals surface area (Å²) in [4.78, 5) is 4.53. The Bertz CT molecular complexity index is 273. The van der Waals surface area contributed by atoms with Crippen molar-refractivity contribution in [3.05, 3.63) is 0 Å². The largest absolute Gasteiger partial charge is 0.396 e. The highest BCUT2D eigenvalue weighted by Gasteiger charge is 2.41. The monoisotopic (exact) mass is 244 g/mol. The number of thioether (sulfide) groups is 1. The first-order valence-electron chi connectivity index (χ1n) is 6.01. The molecule has 0 aromatic rings. The van der Waals surface area contributed by atoms with Crippen molar-refractivity contribution < 1.29 is 10.2 Å². The maximum absolute atomic E-state index is 9.96. The minimum atomic E-state index is -0.385. The zero-order valence-electron chi connectivity index (χ0n) is 9.59. The summed E-state index contributed by atoms with van der Waals surface area (Å²) in [6, 6.07) is 0.0344. The molecule has 2 rings (SSSR count). The molecule has 1 fully saturated rings. The van der Waals surface area contributed by atoms with E-state index in [0.29, 0.717) is 11.7 Å². The molecule has 0 aromatic heterocycles. The molecule has 1 heterocycles. The second-order valence-electron chi connectivity index (χ2n) is 4.60. The van der Waals surface area contributed by atoms with Crippen LogP contribution in [0.4, 0.5) is 0 Å². The lowest BCUT2D eigenvalue weighted by atomic mass is 9.84. The normalized spacial score (nSPS) is 38.1. The molecule has 0 unspecified atom stereocenters. The predicted molar refractivity (Wildman–Crippen MR) is 66.7 cm³/mol. The fraction of sp³-hybridized carbons (Fsp3) is 0.909. The van der Waals surface area contributed by atoms with Gasteiger partial charge >= 0.3 is 0 Å². The van der Waals surface area contributed by atoms with Crippen molar-refractivity contribution in [3.63, 3.8) is 0 Å². The first kappa shape index (κ1) is 12.2. The van der Waals surface area contributed by atoms with Gasteiger partial charge in [-0.05, 0) is 25.2 Å². The summed E-state index contributed by atoms with van der Waals surface area (Å²) in [6.07, 6.45) is 2.34. The maximum Gasteiger partial charge on any atom is 0.157 e. The number of aliphatic hydroxyl groups is 2. The standard InChI is InChI=1S/C11H20N2O2S/c1-2-3-12-11-13-10-8(15)4-7(6-14)5-9(10)16-11/h7-10,14-15H,2-6H2,1H3,(H,12,13)/t7-,8+,9+,10-/m1/s1. The van der Waals surface area contributed by atoms with Gasteiger partial charge in [-0.2, -0.15) is 0 Å². The van der Waals surface area contributed by atoms with Gasteiger partial charge in [-0.15, -0.1) is 0 Å². The third kappa shape index (κ3) is 2.52. The van der Waals surface area contributed by atoms with E-state index < -0.39 is 0 Å². The molecule has 0 amide bonds. The Morgan fingerprint density at radius 2 is 2.31 bits per heavy atom. The van der Waals surface area contributed by atoms with Crippen LogP contribution in [0, 0.1) is 5.92 Å². The van der Waals surface area contributed by atoms with Crippen molar-refractivity contribution in [1.29, 1.82) is 0 Å². The Balaban J connectivity index is 1.94. The molecule has 0 spiro atoms. The SMILES string of the molecule is CCCNC1=N[C@H]2[C@H](C[C@H](CO)C[C@@H]2O)S1. The van der Waals surface area contributed by atoms with Crippen molar-refractivity contribution in [2.45, 2.75) is 43.6 Å². The fourth-order valence-corrected chi connectivity index (χ4v) is 3.76.